The van der Waals surface area contributed by atoms with Gasteiger partial charge in [-0.1, -0.05) is 13.0 Å². The lowest BCUT2D eigenvalue weighted by Gasteiger charge is -2.05. The van der Waals surface area contributed by atoms with E-state index in [1.165, 1.54) is 0 Å². The predicted molar refractivity (Wildman–Crippen MR) is 59.9 cm³/mol. The van der Waals surface area contributed by atoms with Crippen LogP contribution in [0, 0.1) is 11.8 Å². The van der Waals surface area contributed by atoms with Gasteiger partial charge >= 0.3 is 0 Å². The van der Waals surface area contributed by atoms with E-state index in [1.807, 2.05) is 6.07 Å². The van der Waals surface area contributed by atoms with Crippen molar-refractivity contribution in [1.82, 2.24) is 10.3 Å². The molecule has 1 aliphatic carbocycles. The molecule has 4 heteroatoms. The normalized spacial score (nSPS) is 22.6. The molecule has 1 aliphatic rings. The Bertz CT molecular complexity index is 375. The lowest BCUT2D eigenvalue weighted by molar-refractivity contribution is -0.122. The number of pyridine rings is 1. The molecule has 16 heavy (non-hydrogen) atoms. The van der Waals surface area contributed by atoms with Crippen molar-refractivity contribution in [2.45, 2.75) is 19.9 Å². The Kier molecular flexibility index (Phi) is 3.08. The second-order valence-corrected chi connectivity index (χ2v) is 4.25. The number of nitrogens with zero attached hydrogens (tertiary/aromatic N) is 1. The van der Waals surface area contributed by atoms with Crippen LogP contribution in [0.3, 0.4) is 0 Å². The highest BCUT2D eigenvalue weighted by Crippen LogP contribution is 2.37. The fourth-order valence-electron chi connectivity index (χ4n) is 1.64. The summed E-state index contributed by atoms with van der Waals surface area (Å²) in [6.45, 7) is 2.64. The maximum absolute atomic E-state index is 11.6. The van der Waals surface area contributed by atoms with E-state index in [-0.39, 0.29) is 11.8 Å². The number of amides is 1. The van der Waals surface area contributed by atoms with E-state index in [9.17, 15) is 4.79 Å². The van der Waals surface area contributed by atoms with Gasteiger partial charge in [-0.3, -0.25) is 4.79 Å². The number of rotatable bonds is 4. The summed E-state index contributed by atoms with van der Waals surface area (Å²) in [7, 11) is 1.58. The number of hydrogen-bond acceptors (Lipinski definition) is 3. The molecule has 1 amide bonds. The quantitative estimate of drug-likeness (QED) is 0.833. The third kappa shape index (κ3) is 2.51. The number of nitrogens with one attached hydrogen (secondary N) is 1. The molecule has 0 bridgehead atoms. The van der Waals surface area contributed by atoms with E-state index in [0.29, 0.717) is 18.3 Å². The van der Waals surface area contributed by atoms with Gasteiger partial charge in [0.25, 0.3) is 0 Å². The van der Waals surface area contributed by atoms with Gasteiger partial charge < -0.3 is 10.1 Å². The van der Waals surface area contributed by atoms with Gasteiger partial charge in [-0.25, -0.2) is 4.98 Å². The average Bonchev–Trinajstić information content (AvgIpc) is 3.04. The van der Waals surface area contributed by atoms with E-state index in [0.717, 1.165) is 12.0 Å². The summed E-state index contributed by atoms with van der Waals surface area (Å²) in [5.41, 5.74) is 0.988. The van der Waals surface area contributed by atoms with Gasteiger partial charge in [-0.05, 0) is 17.9 Å². The Morgan fingerprint density at radius 1 is 1.62 bits per heavy atom. The van der Waals surface area contributed by atoms with Crippen molar-refractivity contribution < 1.29 is 9.53 Å². The van der Waals surface area contributed by atoms with Crippen molar-refractivity contribution in [3.8, 4) is 5.88 Å². The number of hydrogen-bond donors (Lipinski definition) is 1. The molecule has 0 saturated heterocycles. The Morgan fingerprint density at radius 2 is 2.38 bits per heavy atom. The summed E-state index contributed by atoms with van der Waals surface area (Å²) in [5.74, 6) is 1.52. The zero-order valence-electron chi connectivity index (χ0n) is 9.56. The molecular formula is C12H16N2O2. The first-order valence-corrected chi connectivity index (χ1v) is 5.47. The summed E-state index contributed by atoms with van der Waals surface area (Å²) in [4.78, 5) is 15.6. The Labute approximate surface area is 95.0 Å². The molecule has 0 aliphatic heterocycles. The minimum Gasteiger partial charge on any atom is -0.481 e. The Hall–Kier alpha value is -1.58. The van der Waals surface area contributed by atoms with E-state index < -0.39 is 0 Å². The summed E-state index contributed by atoms with van der Waals surface area (Å²) >= 11 is 0. The molecule has 86 valence electrons. The van der Waals surface area contributed by atoms with Crippen LogP contribution < -0.4 is 10.1 Å². The molecule has 4 nitrogen and oxygen atoms in total. The average molecular weight is 220 g/mol. The fraction of sp³-hybridized carbons (Fsp3) is 0.500. The van der Waals surface area contributed by atoms with Gasteiger partial charge in [-0.15, -0.1) is 0 Å². The second kappa shape index (κ2) is 4.51. The van der Waals surface area contributed by atoms with Gasteiger partial charge in [0, 0.05) is 24.7 Å². The maximum Gasteiger partial charge on any atom is 0.223 e. The second-order valence-electron chi connectivity index (χ2n) is 4.25. The maximum atomic E-state index is 11.6. The first-order valence-electron chi connectivity index (χ1n) is 5.47. The minimum absolute atomic E-state index is 0.156. The van der Waals surface area contributed by atoms with Crippen LogP contribution >= 0.6 is 0 Å². The zero-order chi connectivity index (χ0) is 11.5. The zero-order valence-corrected chi connectivity index (χ0v) is 9.56. The Morgan fingerprint density at radius 3 is 2.88 bits per heavy atom. The van der Waals surface area contributed by atoms with Crippen LogP contribution in [0.2, 0.25) is 0 Å². The highest BCUT2D eigenvalue weighted by atomic mass is 16.5. The number of carbonyl (C=O) groups is 1. The third-order valence-corrected chi connectivity index (χ3v) is 2.92. The molecular weight excluding hydrogens is 204 g/mol. The minimum atomic E-state index is 0.156. The largest absolute Gasteiger partial charge is 0.481 e. The monoisotopic (exact) mass is 220 g/mol. The molecule has 1 heterocycles. The highest BCUT2D eigenvalue weighted by molar-refractivity contribution is 5.81. The van der Waals surface area contributed by atoms with Gasteiger partial charge in [0.1, 0.15) is 0 Å². The van der Waals surface area contributed by atoms with E-state index >= 15 is 0 Å². The van der Waals surface area contributed by atoms with Crippen molar-refractivity contribution in [2.24, 2.45) is 11.8 Å². The molecule has 1 N–H and O–H groups in total. The molecule has 2 rings (SSSR count). The topological polar surface area (TPSA) is 51.2 Å². The van der Waals surface area contributed by atoms with Crippen LogP contribution in [0.1, 0.15) is 18.9 Å². The SMILES string of the molecule is COc1ccc(CNC(=O)[C@H]2C[C@@H]2C)cn1. The lowest BCUT2D eigenvalue weighted by atomic mass is 10.2. The smallest absolute Gasteiger partial charge is 0.223 e. The first-order chi connectivity index (χ1) is 7.70. The number of aromatic nitrogens is 1. The van der Waals surface area contributed by atoms with Gasteiger partial charge in [0.15, 0.2) is 0 Å². The number of methoxy groups -OCH3 is 1. The van der Waals surface area contributed by atoms with E-state index in [2.05, 4.69) is 17.2 Å². The van der Waals surface area contributed by atoms with E-state index in [1.54, 1.807) is 19.4 Å². The van der Waals surface area contributed by atoms with Crippen LogP contribution in [0.25, 0.3) is 0 Å². The summed E-state index contributed by atoms with van der Waals surface area (Å²) in [5, 5.41) is 2.91. The molecule has 0 radical (unpaired) electrons. The summed E-state index contributed by atoms with van der Waals surface area (Å²) < 4.78 is 4.96. The van der Waals surface area contributed by atoms with Crippen molar-refractivity contribution >= 4 is 5.91 Å². The fourth-order valence-corrected chi connectivity index (χ4v) is 1.64. The van der Waals surface area contributed by atoms with Crippen molar-refractivity contribution in [3.05, 3.63) is 23.9 Å². The van der Waals surface area contributed by atoms with Crippen LogP contribution in [-0.2, 0) is 11.3 Å². The van der Waals surface area contributed by atoms with Crippen molar-refractivity contribution in [3.63, 3.8) is 0 Å². The number of carbonyl (C=O) groups excluding carboxylic acids is 1. The van der Waals surface area contributed by atoms with Gasteiger partial charge in [-0.2, -0.15) is 0 Å². The lowest BCUT2D eigenvalue weighted by Crippen LogP contribution is -2.24. The summed E-state index contributed by atoms with van der Waals surface area (Å²) in [6, 6.07) is 3.70. The van der Waals surface area contributed by atoms with Gasteiger partial charge in [0.05, 0.1) is 7.11 Å². The molecule has 0 aromatic carbocycles. The van der Waals surface area contributed by atoms with Crippen LogP contribution in [0.5, 0.6) is 5.88 Å². The predicted octanol–water partition coefficient (Wildman–Crippen LogP) is 1.36. The molecule has 1 aromatic heterocycles. The molecule has 0 spiro atoms. The van der Waals surface area contributed by atoms with Crippen LogP contribution in [-0.4, -0.2) is 18.0 Å². The van der Waals surface area contributed by atoms with Crippen LogP contribution in [0.4, 0.5) is 0 Å². The summed E-state index contributed by atoms with van der Waals surface area (Å²) in [6.07, 6.45) is 2.74. The standard InChI is InChI=1S/C12H16N2O2/c1-8-5-10(8)12(15)14-7-9-3-4-11(16-2)13-6-9/h3-4,6,8,10H,5,7H2,1-2H3,(H,14,15)/t8-,10-/m0/s1. The first kappa shape index (κ1) is 10.9. The molecule has 0 unspecified atom stereocenters. The highest BCUT2D eigenvalue weighted by Gasteiger charge is 2.38. The van der Waals surface area contributed by atoms with Gasteiger partial charge in [0.2, 0.25) is 11.8 Å². The van der Waals surface area contributed by atoms with E-state index in [4.69, 9.17) is 4.74 Å². The van der Waals surface area contributed by atoms with Crippen molar-refractivity contribution in [1.29, 1.82) is 0 Å². The molecule has 2 atom stereocenters. The Balaban J connectivity index is 1.82. The molecule has 1 aromatic rings. The van der Waals surface area contributed by atoms with Crippen LogP contribution in [0.15, 0.2) is 18.3 Å². The molecule has 1 saturated carbocycles. The third-order valence-electron chi connectivity index (χ3n) is 2.92. The number of ether oxygens (including phenoxy) is 1. The molecule has 1 fully saturated rings. The van der Waals surface area contributed by atoms with Crippen molar-refractivity contribution in [2.75, 3.05) is 7.11 Å².